The number of amides is 2. The first-order valence-corrected chi connectivity index (χ1v) is 12.7. The molecule has 1 saturated heterocycles. The predicted octanol–water partition coefficient (Wildman–Crippen LogP) is 4.79. The average Bonchev–Trinajstić information content (AvgIpc) is 3.34. The molecule has 1 aromatic heterocycles. The van der Waals surface area contributed by atoms with Crippen LogP contribution in [0.3, 0.4) is 0 Å². The van der Waals surface area contributed by atoms with Crippen LogP contribution in [0.4, 0.5) is 5.69 Å². The quantitative estimate of drug-likeness (QED) is 0.299. The Morgan fingerprint density at radius 2 is 1.79 bits per heavy atom. The monoisotopic (exact) mass is 512 g/mol. The molecule has 3 aromatic rings. The number of benzene rings is 2. The van der Waals surface area contributed by atoms with E-state index >= 15 is 0 Å². The molecule has 3 heterocycles. The van der Waals surface area contributed by atoms with Gasteiger partial charge in [-0.2, -0.15) is 0 Å². The van der Waals surface area contributed by atoms with E-state index in [0.717, 1.165) is 15.5 Å². The Bertz CT molecular complexity index is 1330. The largest absolute Gasteiger partial charge is 0.497 e. The fraction of sp³-hybridized carbons (Fsp3) is 0.250. The lowest BCUT2D eigenvalue weighted by Gasteiger charge is -2.30. The lowest BCUT2D eigenvalue weighted by Crippen LogP contribution is -2.32. The first-order valence-electron chi connectivity index (χ1n) is 10.6. The predicted molar refractivity (Wildman–Crippen MR) is 132 cm³/mol. The summed E-state index contributed by atoms with van der Waals surface area (Å²) in [4.78, 5) is 44.6. The molecule has 0 bridgehead atoms. The zero-order chi connectivity index (χ0) is 24.0. The van der Waals surface area contributed by atoms with Gasteiger partial charge in [-0.1, -0.05) is 23.9 Å². The number of rotatable bonds is 5. The Kier molecular flexibility index (Phi) is 6.05. The van der Waals surface area contributed by atoms with Crippen molar-refractivity contribution < 1.29 is 23.9 Å². The van der Waals surface area contributed by atoms with Crippen molar-refractivity contribution in [3.63, 3.8) is 0 Å². The summed E-state index contributed by atoms with van der Waals surface area (Å²) in [6, 6.07) is 13.9. The topological polar surface area (TPSA) is 88.7 Å². The Morgan fingerprint density at radius 3 is 2.44 bits per heavy atom. The zero-order valence-corrected chi connectivity index (χ0v) is 20.7. The number of carbonyl (C=O) groups excluding carboxylic acids is 3. The van der Waals surface area contributed by atoms with Crippen LogP contribution in [-0.4, -0.2) is 41.7 Å². The van der Waals surface area contributed by atoms with Gasteiger partial charge in [0.15, 0.2) is 3.95 Å². The number of esters is 1. The minimum Gasteiger partial charge on any atom is -0.497 e. The number of fused-ring (bicyclic) bond motifs is 2. The number of aromatic nitrogens is 1. The second-order valence-corrected chi connectivity index (χ2v) is 10.7. The number of aromatic amines is 1. The summed E-state index contributed by atoms with van der Waals surface area (Å²) >= 11 is 8.17. The van der Waals surface area contributed by atoms with Gasteiger partial charge in [-0.3, -0.25) is 9.59 Å². The van der Waals surface area contributed by atoms with Crippen LogP contribution in [0, 0.1) is 9.87 Å². The van der Waals surface area contributed by atoms with E-state index < -0.39 is 17.1 Å². The van der Waals surface area contributed by atoms with Crippen molar-refractivity contribution in [2.45, 2.75) is 23.1 Å². The molecule has 2 aliphatic heterocycles. The molecule has 2 amide bonds. The second kappa shape index (κ2) is 9.01. The van der Waals surface area contributed by atoms with Gasteiger partial charge in [-0.25, -0.2) is 9.69 Å². The number of imide groups is 1. The minimum atomic E-state index is -0.586. The van der Waals surface area contributed by atoms with Crippen LogP contribution in [0.15, 0.2) is 53.6 Å². The SMILES string of the molecule is CCOC(=O)c1ccc(N2C(=O)C3Sc4[nH]c(=S)sc4C(c4ccc(OC)cc4)C3C2=O)cc1. The van der Waals surface area contributed by atoms with Crippen LogP contribution >= 0.6 is 35.3 Å². The highest BCUT2D eigenvalue weighted by Gasteiger charge is 2.56. The fourth-order valence-corrected chi connectivity index (χ4v) is 7.36. The number of thiazole rings is 1. The molecule has 1 fully saturated rings. The van der Waals surface area contributed by atoms with Gasteiger partial charge in [0.2, 0.25) is 11.8 Å². The van der Waals surface area contributed by atoms with Gasteiger partial charge < -0.3 is 14.5 Å². The van der Waals surface area contributed by atoms with Crippen LogP contribution in [-0.2, 0) is 14.3 Å². The molecule has 0 saturated carbocycles. The maximum Gasteiger partial charge on any atom is 0.338 e. The molecular weight excluding hydrogens is 492 g/mol. The van der Waals surface area contributed by atoms with Crippen LogP contribution in [0.25, 0.3) is 0 Å². The molecule has 174 valence electrons. The molecule has 3 unspecified atom stereocenters. The summed E-state index contributed by atoms with van der Waals surface area (Å²) in [5.41, 5.74) is 1.72. The van der Waals surface area contributed by atoms with Gasteiger partial charge in [0.1, 0.15) is 11.0 Å². The molecule has 0 radical (unpaired) electrons. The molecule has 10 heteroatoms. The molecule has 2 aliphatic rings. The van der Waals surface area contributed by atoms with E-state index in [2.05, 4.69) is 4.98 Å². The number of H-pyrrole nitrogens is 1. The molecule has 0 aliphatic carbocycles. The van der Waals surface area contributed by atoms with E-state index in [1.807, 2.05) is 24.3 Å². The average molecular weight is 513 g/mol. The van der Waals surface area contributed by atoms with Gasteiger partial charge in [-0.15, -0.1) is 11.3 Å². The number of nitrogens with zero attached hydrogens (tertiary/aromatic N) is 1. The minimum absolute atomic E-state index is 0.267. The Balaban J connectivity index is 1.54. The van der Waals surface area contributed by atoms with Gasteiger partial charge in [0.25, 0.3) is 0 Å². The molecular formula is C24H20N2O5S3. The fourth-order valence-electron chi connectivity index (χ4n) is 4.40. The summed E-state index contributed by atoms with van der Waals surface area (Å²) < 4.78 is 10.9. The molecule has 0 spiro atoms. The standard InChI is InChI=1S/C24H20N2O5S3/c1-3-31-23(29)13-4-8-14(9-5-13)26-21(27)17-16(12-6-10-15(30-2)11-7-12)18-20(25-24(32)34-18)33-19(17)22(26)28/h4-11,16-17,19H,3H2,1-2H3,(H,25,32). The van der Waals surface area contributed by atoms with Gasteiger partial charge in [0, 0.05) is 10.8 Å². The third-order valence-electron chi connectivity index (χ3n) is 5.94. The summed E-state index contributed by atoms with van der Waals surface area (Å²) in [6.07, 6.45) is 0. The number of hydrogen-bond acceptors (Lipinski definition) is 8. The van der Waals surface area contributed by atoms with Crippen LogP contribution in [0.5, 0.6) is 5.75 Å². The number of methoxy groups -OCH3 is 1. The second-order valence-electron chi connectivity index (χ2n) is 7.80. The third kappa shape index (κ3) is 3.75. The first kappa shape index (κ1) is 22.8. The summed E-state index contributed by atoms with van der Waals surface area (Å²) in [5, 5.41) is 0.245. The molecule has 2 aromatic carbocycles. The van der Waals surface area contributed by atoms with Crippen molar-refractivity contribution >= 4 is 58.8 Å². The smallest absolute Gasteiger partial charge is 0.338 e. The highest BCUT2D eigenvalue weighted by Crippen LogP contribution is 2.54. The molecule has 5 rings (SSSR count). The molecule has 1 N–H and O–H groups in total. The number of anilines is 1. The highest BCUT2D eigenvalue weighted by atomic mass is 32.2. The summed E-state index contributed by atoms with van der Waals surface area (Å²) in [5.74, 6) is -1.17. The maximum atomic E-state index is 13.7. The first-order chi connectivity index (χ1) is 16.4. The maximum absolute atomic E-state index is 13.7. The van der Waals surface area contributed by atoms with Crippen molar-refractivity contribution in [3.8, 4) is 5.75 Å². The number of nitrogens with one attached hydrogen (secondary N) is 1. The zero-order valence-electron chi connectivity index (χ0n) is 18.3. The van der Waals surface area contributed by atoms with Gasteiger partial charge in [-0.05, 0) is 61.1 Å². The van der Waals surface area contributed by atoms with Crippen LogP contribution < -0.4 is 9.64 Å². The van der Waals surface area contributed by atoms with E-state index in [0.29, 0.717) is 21.0 Å². The van der Waals surface area contributed by atoms with Crippen molar-refractivity contribution in [2.75, 3.05) is 18.6 Å². The number of ether oxygens (including phenoxy) is 2. The van der Waals surface area contributed by atoms with Crippen molar-refractivity contribution in [2.24, 2.45) is 5.92 Å². The van der Waals surface area contributed by atoms with Gasteiger partial charge >= 0.3 is 5.97 Å². The summed E-state index contributed by atoms with van der Waals surface area (Å²) in [7, 11) is 1.60. The number of carbonyl (C=O) groups is 3. The Labute approximate surface area is 209 Å². The summed E-state index contributed by atoms with van der Waals surface area (Å²) in [6.45, 7) is 2.00. The van der Waals surface area contributed by atoms with Crippen LogP contribution in [0.1, 0.15) is 33.6 Å². The van der Waals surface area contributed by atoms with Crippen molar-refractivity contribution in [1.82, 2.24) is 4.98 Å². The lowest BCUT2D eigenvalue weighted by molar-refractivity contribution is -0.122. The third-order valence-corrected chi connectivity index (χ3v) is 8.69. The van der Waals surface area contributed by atoms with E-state index in [4.69, 9.17) is 21.7 Å². The number of hydrogen-bond donors (Lipinski definition) is 1. The van der Waals surface area contributed by atoms with Crippen molar-refractivity contribution in [1.29, 1.82) is 0 Å². The van der Waals surface area contributed by atoms with E-state index in [1.165, 1.54) is 28.0 Å². The normalized spacial score (nSPS) is 21.2. The van der Waals surface area contributed by atoms with E-state index in [-0.39, 0.29) is 24.3 Å². The Morgan fingerprint density at radius 1 is 1.09 bits per heavy atom. The van der Waals surface area contributed by atoms with Crippen molar-refractivity contribution in [3.05, 3.63) is 68.5 Å². The molecule has 34 heavy (non-hydrogen) atoms. The lowest BCUT2D eigenvalue weighted by atomic mass is 9.83. The van der Waals surface area contributed by atoms with E-state index in [1.54, 1.807) is 38.3 Å². The van der Waals surface area contributed by atoms with Gasteiger partial charge in [0.05, 0.1) is 35.9 Å². The van der Waals surface area contributed by atoms with E-state index in [9.17, 15) is 14.4 Å². The molecule has 3 atom stereocenters. The highest BCUT2D eigenvalue weighted by molar-refractivity contribution is 8.01. The Hall–Kier alpha value is -2.95. The van der Waals surface area contributed by atoms with Crippen LogP contribution in [0.2, 0.25) is 0 Å². The molecule has 7 nitrogen and oxygen atoms in total. The number of thioether (sulfide) groups is 1.